The highest BCUT2D eigenvalue weighted by Gasteiger charge is 2.19. The maximum absolute atomic E-state index is 13.0. The Morgan fingerprint density at radius 3 is 2.66 bits per heavy atom. The maximum Gasteiger partial charge on any atom is 0.332 e. The standard InChI is InChI=1S/C20H25BrClN5O2/c1-12(2)11-27-18(28)16-17(25(4)20(27)29)24-19(21)26(16)9-5-8-23-15-10-14(22)7-6-13(15)3/h6-7,10,12,23H,5,8-9,11H2,1-4H3. The van der Waals surface area contributed by atoms with Gasteiger partial charge in [0.15, 0.2) is 15.9 Å². The van der Waals surface area contributed by atoms with Crippen LogP contribution in [0, 0.1) is 12.8 Å². The average molecular weight is 483 g/mol. The summed E-state index contributed by atoms with van der Waals surface area (Å²) in [6.07, 6.45) is 0.766. The Balaban J connectivity index is 1.87. The number of rotatable bonds is 7. The molecule has 0 aliphatic rings. The van der Waals surface area contributed by atoms with Crippen LogP contribution in [0.25, 0.3) is 11.2 Å². The highest BCUT2D eigenvalue weighted by atomic mass is 79.9. The zero-order valence-electron chi connectivity index (χ0n) is 17.0. The van der Waals surface area contributed by atoms with Crippen molar-refractivity contribution in [3.63, 3.8) is 0 Å². The number of halogens is 2. The largest absolute Gasteiger partial charge is 0.385 e. The third-order valence-electron chi connectivity index (χ3n) is 4.81. The molecule has 0 fully saturated rings. The van der Waals surface area contributed by atoms with E-state index in [1.807, 2.05) is 43.5 Å². The molecule has 2 aromatic heterocycles. The van der Waals surface area contributed by atoms with Gasteiger partial charge in [0.2, 0.25) is 0 Å². The molecule has 0 saturated carbocycles. The molecule has 0 saturated heterocycles. The van der Waals surface area contributed by atoms with Crippen molar-refractivity contribution in [2.24, 2.45) is 13.0 Å². The lowest BCUT2D eigenvalue weighted by Gasteiger charge is -2.12. The minimum Gasteiger partial charge on any atom is -0.385 e. The normalized spacial score (nSPS) is 11.6. The maximum atomic E-state index is 13.0. The quantitative estimate of drug-likeness (QED) is 0.411. The lowest BCUT2D eigenvalue weighted by atomic mass is 10.2. The SMILES string of the molecule is Cc1ccc(Cl)cc1NCCCn1c(Br)nc2c1c(=O)n(CC(C)C)c(=O)n2C. The van der Waals surface area contributed by atoms with Gasteiger partial charge in [0, 0.05) is 37.4 Å². The lowest BCUT2D eigenvalue weighted by Crippen LogP contribution is -2.40. The summed E-state index contributed by atoms with van der Waals surface area (Å²) < 4.78 is 5.11. The summed E-state index contributed by atoms with van der Waals surface area (Å²) in [7, 11) is 1.65. The van der Waals surface area contributed by atoms with Crippen LogP contribution in [0.1, 0.15) is 25.8 Å². The van der Waals surface area contributed by atoms with Gasteiger partial charge >= 0.3 is 5.69 Å². The summed E-state index contributed by atoms with van der Waals surface area (Å²) in [6, 6.07) is 5.74. The number of hydrogen-bond donors (Lipinski definition) is 1. The third-order valence-corrected chi connectivity index (χ3v) is 5.65. The van der Waals surface area contributed by atoms with E-state index in [0.717, 1.165) is 17.7 Å². The van der Waals surface area contributed by atoms with Crippen LogP contribution < -0.4 is 16.6 Å². The van der Waals surface area contributed by atoms with Crippen LogP contribution >= 0.6 is 27.5 Å². The summed E-state index contributed by atoms with van der Waals surface area (Å²) >= 11 is 9.52. The van der Waals surface area contributed by atoms with Crippen molar-refractivity contribution >= 4 is 44.4 Å². The van der Waals surface area contributed by atoms with Crippen LogP contribution in [-0.2, 0) is 20.1 Å². The summed E-state index contributed by atoms with van der Waals surface area (Å²) in [4.78, 5) is 30.0. The van der Waals surface area contributed by atoms with E-state index >= 15 is 0 Å². The molecule has 2 heterocycles. The molecular formula is C20H25BrClN5O2. The first-order valence-corrected chi connectivity index (χ1v) is 10.7. The van der Waals surface area contributed by atoms with E-state index in [-0.39, 0.29) is 17.2 Å². The van der Waals surface area contributed by atoms with E-state index in [9.17, 15) is 9.59 Å². The number of anilines is 1. The van der Waals surface area contributed by atoms with Crippen molar-refractivity contribution in [1.82, 2.24) is 18.7 Å². The molecule has 3 rings (SSSR count). The molecule has 1 aromatic carbocycles. The second-order valence-electron chi connectivity index (χ2n) is 7.60. The van der Waals surface area contributed by atoms with Crippen molar-refractivity contribution in [3.8, 4) is 0 Å². The van der Waals surface area contributed by atoms with Gasteiger partial charge in [-0.3, -0.25) is 13.9 Å². The second-order valence-corrected chi connectivity index (χ2v) is 8.74. The zero-order chi connectivity index (χ0) is 21.3. The molecule has 3 aromatic rings. The molecule has 0 amide bonds. The first-order valence-electron chi connectivity index (χ1n) is 9.56. The molecule has 0 aliphatic heterocycles. The van der Waals surface area contributed by atoms with Crippen molar-refractivity contribution in [1.29, 1.82) is 0 Å². The average Bonchev–Trinajstić information content (AvgIpc) is 2.99. The van der Waals surface area contributed by atoms with Gasteiger partial charge in [-0.2, -0.15) is 0 Å². The van der Waals surface area contributed by atoms with Crippen LogP contribution in [0.4, 0.5) is 5.69 Å². The molecule has 1 N–H and O–H groups in total. The number of nitrogens with one attached hydrogen (secondary N) is 1. The van der Waals surface area contributed by atoms with Crippen molar-refractivity contribution in [2.75, 3.05) is 11.9 Å². The smallest absolute Gasteiger partial charge is 0.332 e. The van der Waals surface area contributed by atoms with Crippen LogP contribution in [0.5, 0.6) is 0 Å². The molecule has 156 valence electrons. The number of benzene rings is 1. The van der Waals surface area contributed by atoms with Gasteiger partial charge in [-0.15, -0.1) is 0 Å². The minimum atomic E-state index is -0.341. The summed E-state index contributed by atoms with van der Waals surface area (Å²) in [6.45, 7) is 7.65. The number of aromatic nitrogens is 4. The monoisotopic (exact) mass is 481 g/mol. The van der Waals surface area contributed by atoms with E-state index in [1.54, 1.807) is 7.05 Å². The van der Waals surface area contributed by atoms with Crippen LogP contribution in [-0.4, -0.2) is 25.2 Å². The van der Waals surface area contributed by atoms with E-state index in [2.05, 4.69) is 26.2 Å². The highest BCUT2D eigenvalue weighted by Crippen LogP contribution is 2.21. The fourth-order valence-corrected chi connectivity index (χ4v) is 4.01. The summed E-state index contributed by atoms with van der Waals surface area (Å²) in [5.74, 6) is 0.183. The minimum absolute atomic E-state index is 0.183. The van der Waals surface area contributed by atoms with Gasteiger partial charge in [-0.25, -0.2) is 9.78 Å². The Hall–Kier alpha value is -2.06. The van der Waals surface area contributed by atoms with Crippen molar-refractivity contribution in [2.45, 2.75) is 40.3 Å². The Morgan fingerprint density at radius 2 is 1.97 bits per heavy atom. The molecule has 0 aliphatic carbocycles. The molecule has 0 bridgehead atoms. The van der Waals surface area contributed by atoms with Gasteiger partial charge < -0.3 is 9.88 Å². The molecule has 0 radical (unpaired) electrons. The Kier molecular flexibility index (Phi) is 6.53. The van der Waals surface area contributed by atoms with Gasteiger partial charge in [-0.1, -0.05) is 31.5 Å². The van der Waals surface area contributed by atoms with Crippen LogP contribution in [0.15, 0.2) is 32.5 Å². The Labute approximate surface area is 182 Å². The summed E-state index contributed by atoms with van der Waals surface area (Å²) in [5.41, 5.74) is 2.31. The molecule has 9 heteroatoms. The number of hydrogen-bond acceptors (Lipinski definition) is 4. The number of fused-ring (bicyclic) bond motifs is 1. The first kappa shape index (κ1) is 21.6. The van der Waals surface area contributed by atoms with Crippen LogP contribution in [0.2, 0.25) is 5.02 Å². The molecule has 0 atom stereocenters. The first-order chi connectivity index (χ1) is 13.7. The number of nitrogens with zero attached hydrogens (tertiary/aromatic N) is 4. The van der Waals surface area contributed by atoms with E-state index in [1.165, 1.54) is 9.13 Å². The fourth-order valence-electron chi connectivity index (χ4n) is 3.32. The lowest BCUT2D eigenvalue weighted by molar-refractivity contribution is 0.483. The Bertz CT molecular complexity index is 1160. The molecule has 0 unspecified atom stereocenters. The van der Waals surface area contributed by atoms with Gasteiger partial charge in [0.05, 0.1) is 0 Å². The topological polar surface area (TPSA) is 73.8 Å². The fraction of sp³-hybridized carbons (Fsp3) is 0.450. The van der Waals surface area contributed by atoms with E-state index in [0.29, 0.717) is 40.6 Å². The van der Waals surface area contributed by atoms with E-state index < -0.39 is 0 Å². The molecule has 0 spiro atoms. The number of imidazole rings is 1. The molecule has 29 heavy (non-hydrogen) atoms. The van der Waals surface area contributed by atoms with Crippen molar-refractivity contribution in [3.05, 3.63) is 54.4 Å². The Morgan fingerprint density at radius 1 is 1.24 bits per heavy atom. The number of aryl methyl sites for hydroxylation is 3. The predicted octanol–water partition coefficient (Wildman–Crippen LogP) is 3.78. The van der Waals surface area contributed by atoms with Gasteiger partial charge in [-0.05, 0) is 52.9 Å². The second kappa shape index (κ2) is 8.75. The highest BCUT2D eigenvalue weighted by molar-refractivity contribution is 9.10. The predicted molar refractivity (Wildman–Crippen MR) is 121 cm³/mol. The summed E-state index contributed by atoms with van der Waals surface area (Å²) in [5, 5.41) is 4.07. The molecule has 7 nitrogen and oxygen atoms in total. The van der Waals surface area contributed by atoms with Gasteiger partial charge in [0.1, 0.15) is 0 Å². The molecular weight excluding hydrogens is 458 g/mol. The van der Waals surface area contributed by atoms with Crippen LogP contribution in [0.3, 0.4) is 0 Å². The zero-order valence-corrected chi connectivity index (χ0v) is 19.3. The van der Waals surface area contributed by atoms with E-state index in [4.69, 9.17) is 11.6 Å². The van der Waals surface area contributed by atoms with Gasteiger partial charge in [0.25, 0.3) is 5.56 Å². The third kappa shape index (κ3) is 4.43. The van der Waals surface area contributed by atoms with Crippen molar-refractivity contribution < 1.29 is 0 Å².